The zero-order valence-corrected chi connectivity index (χ0v) is 17.4. The van der Waals surface area contributed by atoms with Crippen LogP contribution in [0.25, 0.3) is 0 Å². The summed E-state index contributed by atoms with van der Waals surface area (Å²) in [5.41, 5.74) is 0. The van der Waals surface area contributed by atoms with Crippen LogP contribution in [0.4, 0.5) is 0 Å². The van der Waals surface area contributed by atoms with Crippen molar-refractivity contribution in [3.63, 3.8) is 0 Å². The molecule has 148 valence electrons. The number of aliphatic hydroxyl groups is 2. The molecule has 0 aliphatic carbocycles. The van der Waals surface area contributed by atoms with E-state index in [2.05, 4.69) is 21.0 Å². The molecule has 0 saturated heterocycles. The molecule has 0 bridgehead atoms. The molecule has 0 amide bonds. The van der Waals surface area contributed by atoms with Crippen LogP contribution in [0.1, 0.15) is 96.8 Å². The lowest BCUT2D eigenvalue weighted by Gasteiger charge is -2.30. The van der Waals surface area contributed by atoms with Crippen LogP contribution in [0.5, 0.6) is 0 Å². The van der Waals surface area contributed by atoms with Gasteiger partial charge in [0.05, 0.1) is 20.6 Å². The summed E-state index contributed by atoms with van der Waals surface area (Å²) in [6.07, 6.45) is 18.2. The molecule has 2 N–H and O–H groups in total. The maximum Gasteiger partial charge on any atom is 0.202 e. The molecule has 0 atom stereocenters. The second-order valence-electron chi connectivity index (χ2n) is 7.92. The van der Waals surface area contributed by atoms with Crippen molar-refractivity contribution >= 4 is 0 Å². The predicted molar refractivity (Wildman–Crippen MR) is 100 cm³/mol. The number of halogens is 1. The second-order valence-corrected chi connectivity index (χ2v) is 7.92. The highest BCUT2D eigenvalue weighted by molar-refractivity contribution is 4.49. The van der Waals surface area contributed by atoms with E-state index in [1.807, 2.05) is 0 Å². The minimum atomic E-state index is -1.18. The number of aliphatic hydroxyl groups excluding tert-OH is 1. The topological polar surface area (TPSA) is 40.5 Å². The Bertz CT molecular complexity index is 248. The van der Waals surface area contributed by atoms with Crippen LogP contribution < -0.4 is 12.4 Å². The first kappa shape index (κ1) is 26.4. The van der Waals surface area contributed by atoms with E-state index in [9.17, 15) is 0 Å². The fourth-order valence-corrected chi connectivity index (χ4v) is 3.27. The molecule has 0 aromatic carbocycles. The lowest BCUT2D eigenvalue weighted by Crippen LogP contribution is -3.00. The summed E-state index contributed by atoms with van der Waals surface area (Å²) in [6, 6.07) is 0. The molecule has 0 aliphatic heterocycles. The maximum absolute atomic E-state index is 9.04. The highest BCUT2D eigenvalue weighted by Gasteiger charge is 2.17. The predicted octanol–water partition coefficient (Wildman–Crippen LogP) is 1.86. The number of hydrogen-bond acceptors (Lipinski definition) is 2. The highest BCUT2D eigenvalue weighted by atomic mass is 35.5. The molecule has 0 fully saturated rings. The first-order valence-corrected chi connectivity index (χ1v) is 10.2. The Labute approximate surface area is 157 Å². The van der Waals surface area contributed by atoms with Gasteiger partial charge in [-0.15, -0.1) is 0 Å². The normalized spacial score (nSPS) is 11.8. The largest absolute Gasteiger partial charge is 1.00 e. The number of hydrogen-bond donors (Lipinski definition) is 2. The van der Waals surface area contributed by atoms with Gasteiger partial charge >= 0.3 is 0 Å². The van der Waals surface area contributed by atoms with Crippen LogP contribution in [0.3, 0.4) is 0 Å². The van der Waals surface area contributed by atoms with Gasteiger partial charge in [0.2, 0.25) is 6.29 Å². The Balaban J connectivity index is 0. The molecule has 0 aromatic heterocycles. The van der Waals surface area contributed by atoms with Gasteiger partial charge in [0.15, 0.2) is 0 Å². The highest BCUT2D eigenvalue weighted by Crippen LogP contribution is 2.13. The minimum Gasteiger partial charge on any atom is -1.00 e. The maximum atomic E-state index is 9.04. The molecule has 3 nitrogen and oxygen atoms in total. The zero-order valence-electron chi connectivity index (χ0n) is 16.6. The smallest absolute Gasteiger partial charge is 0.202 e. The van der Waals surface area contributed by atoms with Gasteiger partial charge in [-0.1, -0.05) is 84.0 Å². The summed E-state index contributed by atoms with van der Waals surface area (Å²) in [5.74, 6) is 0. The average molecular weight is 366 g/mol. The fraction of sp³-hybridized carbons (Fsp3) is 1.00. The summed E-state index contributed by atoms with van der Waals surface area (Å²) in [6.45, 7) is 3.74. The van der Waals surface area contributed by atoms with Crippen LogP contribution in [0.2, 0.25) is 0 Å². The second kappa shape index (κ2) is 18.0. The van der Waals surface area contributed by atoms with Crippen LogP contribution in [0, 0.1) is 0 Å². The van der Waals surface area contributed by atoms with Gasteiger partial charge in [-0.2, -0.15) is 0 Å². The average Bonchev–Trinajstić information content (AvgIpc) is 2.46. The van der Waals surface area contributed by atoms with Crippen molar-refractivity contribution in [3.05, 3.63) is 0 Å². The van der Waals surface area contributed by atoms with E-state index >= 15 is 0 Å². The molecule has 0 spiro atoms. The molecular formula is C20H44ClNO2. The summed E-state index contributed by atoms with van der Waals surface area (Å²) >= 11 is 0. The molecule has 0 aliphatic rings. The number of rotatable bonds is 17. The number of nitrogens with zero attached hydrogens (tertiary/aromatic N) is 1. The molecule has 0 unspecified atom stereocenters. The van der Waals surface area contributed by atoms with Crippen LogP contribution in [0.15, 0.2) is 0 Å². The third-order valence-electron chi connectivity index (χ3n) is 4.77. The van der Waals surface area contributed by atoms with Crippen molar-refractivity contribution in [1.29, 1.82) is 0 Å². The lowest BCUT2D eigenvalue weighted by molar-refractivity contribution is -0.896. The summed E-state index contributed by atoms with van der Waals surface area (Å²) in [7, 11) is 4.14. The van der Waals surface area contributed by atoms with Gasteiger partial charge in [-0.25, -0.2) is 0 Å². The van der Waals surface area contributed by atoms with Crippen LogP contribution in [-0.4, -0.2) is 48.2 Å². The van der Waals surface area contributed by atoms with E-state index in [0.717, 1.165) is 6.54 Å². The first-order chi connectivity index (χ1) is 11.0. The van der Waals surface area contributed by atoms with Crippen molar-refractivity contribution in [2.24, 2.45) is 0 Å². The Morgan fingerprint density at radius 3 is 1.29 bits per heavy atom. The van der Waals surface area contributed by atoms with E-state index in [4.69, 9.17) is 10.2 Å². The zero-order chi connectivity index (χ0) is 17.4. The number of unbranched alkanes of at least 4 members (excludes halogenated alkanes) is 13. The number of quaternary nitrogens is 1. The van der Waals surface area contributed by atoms with Crippen molar-refractivity contribution in [3.8, 4) is 0 Å². The molecular weight excluding hydrogens is 322 g/mol. The molecule has 0 rings (SSSR count). The van der Waals surface area contributed by atoms with E-state index in [0.29, 0.717) is 11.0 Å². The lowest BCUT2D eigenvalue weighted by atomic mass is 10.0. The SMILES string of the molecule is CCCCCCCCCCCCCCCC[N+](C)(C)CC(O)O.[Cl-]. The third-order valence-corrected chi connectivity index (χ3v) is 4.77. The Hall–Kier alpha value is 0.170. The van der Waals surface area contributed by atoms with Gasteiger partial charge in [-0.3, -0.25) is 0 Å². The van der Waals surface area contributed by atoms with Crippen LogP contribution in [-0.2, 0) is 0 Å². The van der Waals surface area contributed by atoms with Gasteiger partial charge in [0.1, 0.15) is 6.54 Å². The Kier molecular flexibility index (Phi) is 19.8. The summed E-state index contributed by atoms with van der Waals surface area (Å²) < 4.78 is 0.704. The van der Waals surface area contributed by atoms with Crippen molar-refractivity contribution in [2.75, 3.05) is 27.2 Å². The van der Waals surface area contributed by atoms with Gasteiger partial charge in [-0.05, 0) is 12.8 Å². The van der Waals surface area contributed by atoms with Gasteiger partial charge in [0.25, 0.3) is 0 Å². The van der Waals surface area contributed by atoms with Gasteiger partial charge < -0.3 is 27.1 Å². The minimum absolute atomic E-state index is 0. The van der Waals surface area contributed by atoms with E-state index in [1.165, 1.54) is 89.9 Å². The summed E-state index contributed by atoms with van der Waals surface area (Å²) in [4.78, 5) is 0. The Morgan fingerprint density at radius 1 is 0.625 bits per heavy atom. The molecule has 4 heteroatoms. The monoisotopic (exact) mass is 365 g/mol. The molecule has 0 heterocycles. The molecule has 24 heavy (non-hydrogen) atoms. The van der Waals surface area contributed by atoms with E-state index < -0.39 is 6.29 Å². The van der Waals surface area contributed by atoms with Crippen molar-refractivity contribution < 1.29 is 27.1 Å². The number of likely N-dealkylation sites (N-methyl/N-ethyl adjacent to an activating group) is 1. The summed E-state index contributed by atoms with van der Waals surface area (Å²) in [5, 5.41) is 18.1. The van der Waals surface area contributed by atoms with Crippen molar-refractivity contribution in [2.45, 2.75) is 103 Å². The first-order valence-electron chi connectivity index (χ1n) is 10.2. The van der Waals surface area contributed by atoms with E-state index in [-0.39, 0.29) is 12.4 Å². The standard InChI is InChI=1S/C20H44NO2.ClH/c1-4-5-6-7-8-9-10-11-12-13-14-15-16-17-18-21(2,3)19-20(22)23;/h20,22-23H,4-19H2,1-3H3;1H/q+1;/p-1. The third kappa shape index (κ3) is 20.2. The Morgan fingerprint density at radius 2 is 0.958 bits per heavy atom. The van der Waals surface area contributed by atoms with Crippen molar-refractivity contribution in [1.82, 2.24) is 0 Å². The van der Waals surface area contributed by atoms with Gasteiger partial charge in [0, 0.05) is 0 Å². The van der Waals surface area contributed by atoms with Crippen LogP contribution >= 0.6 is 0 Å². The quantitative estimate of drug-likeness (QED) is 0.235. The fourth-order valence-electron chi connectivity index (χ4n) is 3.27. The molecule has 0 saturated carbocycles. The van der Waals surface area contributed by atoms with E-state index in [1.54, 1.807) is 0 Å². The molecule has 0 aromatic rings. The molecule has 0 radical (unpaired) electrons.